The number of carbonyl (C=O) groups is 1. The summed E-state index contributed by atoms with van der Waals surface area (Å²) in [5.41, 5.74) is 0.161. The maximum absolute atomic E-state index is 12.6. The van der Waals surface area contributed by atoms with E-state index in [0.29, 0.717) is 10.3 Å². The van der Waals surface area contributed by atoms with E-state index < -0.39 is 28.9 Å². The molecule has 1 aromatic carbocycles. The van der Waals surface area contributed by atoms with Gasteiger partial charge in [-0.15, -0.1) is 0 Å². The van der Waals surface area contributed by atoms with E-state index in [-0.39, 0.29) is 47.9 Å². The standard InChI is InChI=1S/C17H19BN2O9S/c21-17(22)15-13(5-4-11-6-7-18(23,24)29-16(11)15)28-12-9-19(10-12)30(26,27)14-3-1-2-8-20(14)25/h1-5,8,12,23-25H,6-7,9-10H2,(H,21,22). The van der Waals surface area contributed by atoms with E-state index in [0.717, 1.165) is 4.31 Å². The van der Waals surface area contributed by atoms with Crippen molar-refractivity contribution >= 4 is 22.7 Å². The average Bonchev–Trinajstić information content (AvgIpc) is 2.62. The lowest BCUT2D eigenvalue weighted by atomic mass is 9.70. The van der Waals surface area contributed by atoms with E-state index in [1.165, 1.54) is 30.5 Å². The number of aromatic nitrogens is 1. The van der Waals surface area contributed by atoms with E-state index in [4.69, 9.17) is 9.39 Å². The zero-order chi connectivity index (χ0) is 21.7. The number of carboxylic acid groups (broad SMARTS) is 1. The molecule has 0 atom stereocenters. The van der Waals surface area contributed by atoms with Crippen LogP contribution in [-0.4, -0.2) is 65.0 Å². The van der Waals surface area contributed by atoms with Gasteiger partial charge in [-0.2, -0.15) is 4.31 Å². The lowest BCUT2D eigenvalue weighted by molar-refractivity contribution is -0.933. The second-order valence-corrected chi connectivity index (χ2v) is 9.08. The summed E-state index contributed by atoms with van der Waals surface area (Å²) in [6, 6.07) is 7.22. The predicted octanol–water partition coefficient (Wildman–Crippen LogP) is -0.780. The number of aryl methyl sites for hydroxylation is 1. The molecule has 2 aliphatic rings. The third kappa shape index (κ3) is 3.56. The first-order valence-electron chi connectivity index (χ1n) is 9.14. The van der Waals surface area contributed by atoms with Crippen LogP contribution in [0.25, 0.3) is 0 Å². The molecule has 2 aliphatic heterocycles. The van der Waals surface area contributed by atoms with Gasteiger partial charge in [-0.25, -0.2) is 13.2 Å². The molecule has 4 rings (SSSR count). The van der Waals surface area contributed by atoms with Crippen molar-refractivity contribution in [1.29, 1.82) is 0 Å². The first-order valence-corrected chi connectivity index (χ1v) is 10.6. The van der Waals surface area contributed by atoms with Crippen molar-refractivity contribution in [2.45, 2.75) is 23.9 Å². The molecule has 160 valence electrons. The Balaban J connectivity index is 1.53. The molecule has 0 saturated carbocycles. The van der Waals surface area contributed by atoms with Crippen LogP contribution in [0.2, 0.25) is 6.32 Å². The Morgan fingerprint density at radius 3 is 2.63 bits per heavy atom. The Kier molecular flexibility index (Phi) is 4.85. The van der Waals surface area contributed by atoms with Gasteiger partial charge in [0.05, 0.1) is 18.8 Å². The molecule has 11 nitrogen and oxygen atoms in total. The largest absolute Gasteiger partial charge is 0.669 e. The van der Waals surface area contributed by atoms with Crippen LogP contribution < -0.4 is 14.1 Å². The lowest BCUT2D eigenvalue weighted by Crippen LogP contribution is -2.57. The molecule has 1 fully saturated rings. The molecule has 0 radical (unpaired) electrons. The number of sulfonamides is 1. The quantitative estimate of drug-likeness (QED) is 0.267. The zero-order valence-electron chi connectivity index (χ0n) is 15.6. The van der Waals surface area contributed by atoms with Gasteiger partial charge in [0, 0.05) is 16.9 Å². The van der Waals surface area contributed by atoms with Gasteiger partial charge >= 0.3 is 27.8 Å². The summed E-state index contributed by atoms with van der Waals surface area (Å²) in [5.74, 6) is -1.59. The molecule has 1 saturated heterocycles. The summed E-state index contributed by atoms with van der Waals surface area (Å²) in [4.78, 5) is 11.8. The van der Waals surface area contributed by atoms with Crippen molar-refractivity contribution in [2.75, 3.05) is 13.1 Å². The van der Waals surface area contributed by atoms with Crippen LogP contribution in [0.4, 0.5) is 0 Å². The van der Waals surface area contributed by atoms with E-state index >= 15 is 0 Å². The molecular formula is C17H19BN2O9S. The second-order valence-electron chi connectivity index (χ2n) is 7.19. The van der Waals surface area contributed by atoms with E-state index in [9.17, 15) is 33.6 Å². The van der Waals surface area contributed by atoms with Crippen LogP contribution in [0.15, 0.2) is 41.6 Å². The topological polar surface area (TPSA) is 158 Å². The Bertz CT molecular complexity index is 1120. The van der Waals surface area contributed by atoms with Gasteiger partial charge in [-0.05, 0) is 24.1 Å². The molecule has 0 amide bonds. The van der Waals surface area contributed by atoms with Crippen LogP contribution in [-0.2, 0) is 16.4 Å². The number of pyridine rings is 1. The Morgan fingerprint density at radius 2 is 1.97 bits per heavy atom. The Morgan fingerprint density at radius 1 is 1.23 bits per heavy atom. The Hall–Kier alpha value is -2.87. The number of aromatic carboxylic acids is 1. The van der Waals surface area contributed by atoms with Crippen molar-refractivity contribution in [3.05, 3.63) is 47.7 Å². The van der Waals surface area contributed by atoms with Crippen molar-refractivity contribution in [2.24, 2.45) is 0 Å². The van der Waals surface area contributed by atoms with E-state index in [2.05, 4.69) is 0 Å². The first-order chi connectivity index (χ1) is 14.1. The van der Waals surface area contributed by atoms with Gasteiger partial charge in [-0.1, -0.05) is 12.4 Å². The SMILES string of the molecule is O=C(O)c1c(OC2CN(S(=O)(=O)c3cccc[n+]3O)C2)ccc2c1O[B-](O)(O)CC2. The maximum atomic E-state index is 12.6. The van der Waals surface area contributed by atoms with Gasteiger partial charge in [0.25, 0.3) is 0 Å². The summed E-state index contributed by atoms with van der Waals surface area (Å²) >= 11 is 0. The minimum absolute atomic E-state index is 0.0496. The van der Waals surface area contributed by atoms with Gasteiger partial charge in [-0.3, -0.25) is 5.21 Å². The third-order valence-corrected chi connectivity index (χ3v) is 6.86. The molecule has 4 N–H and O–H groups in total. The van der Waals surface area contributed by atoms with Crippen molar-refractivity contribution in [1.82, 2.24) is 4.31 Å². The minimum Gasteiger partial charge on any atom is -0.669 e. The highest BCUT2D eigenvalue weighted by atomic mass is 32.2. The first kappa shape index (κ1) is 20.4. The number of fused-ring (bicyclic) bond motifs is 1. The summed E-state index contributed by atoms with van der Waals surface area (Å²) < 4.78 is 37.6. The smallest absolute Gasteiger partial charge is 0.430 e. The summed E-state index contributed by atoms with van der Waals surface area (Å²) in [6.45, 7) is -3.27. The highest BCUT2D eigenvalue weighted by Crippen LogP contribution is 2.39. The van der Waals surface area contributed by atoms with E-state index in [1.54, 1.807) is 6.07 Å². The molecule has 13 heteroatoms. The van der Waals surface area contributed by atoms with Gasteiger partial charge in [0.15, 0.2) is 0 Å². The fourth-order valence-corrected chi connectivity index (χ4v) is 4.97. The van der Waals surface area contributed by atoms with E-state index in [1.807, 2.05) is 0 Å². The van der Waals surface area contributed by atoms with Crippen LogP contribution in [0.1, 0.15) is 15.9 Å². The number of rotatable bonds is 5. The third-order valence-electron chi connectivity index (χ3n) is 5.03. The number of benzene rings is 1. The fraction of sp³-hybridized carbons (Fsp3) is 0.294. The average molecular weight is 438 g/mol. The van der Waals surface area contributed by atoms with Gasteiger partial charge in [0.1, 0.15) is 17.4 Å². The molecule has 1 aromatic heterocycles. The number of nitrogens with zero attached hydrogens (tertiary/aromatic N) is 2. The van der Waals surface area contributed by atoms with Crippen LogP contribution in [0, 0.1) is 0 Å². The molecule has 0 spiro atoms. The number of hydrogen-bond donors (Lipinski definition) is 4. The summed E-state index contributed by atoms with van der Waals surface area (Å²) in [7, 11) is -3.95. The second kappa shape index (κ2) is 7.13. The minimum atomic E-state index is -3.95. The zero-order valence-corrected chi connectivity index (χ0v) is 16.4. The lowest BCUT2D eigenvalue weighted by Gasteiger charge is -2.39. The van der Waals surface area contributed by atoms with Crippen molar-refractivity contribution in [3.8, 4) is 11.5 Å². The normalized spacial score (nSPS) is 18.7. The molecule has 0 aliphatic carbocycles. The summed E-state index contributed by atoms with van der Waals surface area (Å²) in [5, 5.41) is 38.6. The maximum Gasteiger partial charge on any atom is 0.430 e. The van der Waals surface area contributed by atoms with Crippen LogP contribution >= 0.6 is 0 Å². The molecule has 2 aromatic rings. The van der Waals surface area contributed by atoms with Crippen molar-refractivity contribution < 1.29 is 47.7 Å². The number of carboxylic acids is 1. The number of hydrogen-bond acceptors (Lipinski definition) is 8. The van der Waals surface area contributed by atoms with Gasteiger partial charge < -0.3 is 24.5 Å². The molecule has 0 bridgehead atoms. The highest BCUT2D eigenvalue weighted by molar-refractivity contribution is 7.89. The van der Waals surface area contributed by atoms with Crippen molar-refractivity contribution in [3.63, 3.8) is 0 Å². The number of ether oxygens (including phenoxy) is 1. The highest BCUT2D eigenvalue weighted by Gasteiger charge is 2.43. The molecule has 0 unspecified atom stereocenters. The monoisotopic (exact) mass is 438 g/mol. The van der Waals surface area contributed by atoms with Crippen LogP contribution in [0.5, 0.6) is 11.5 Å². The predicted molar refractivity (Wildman–Crippen MR) is 99.7 cm³/mol. The van der Waals surface area contributed by atoms with Gasteiger partial charge in [0.2, 0.25) is 6.20 Å². The molecular weight excluding hydrogens is 419 g/mol. The van der Waals surface area contributed by atoms with Crippen LogP contribution in [0.3, 0.4) is 0 Å². The molecule has 3 heterocycles. The fourth-order valence-electron chi connectivity index (χ4n) is 3.44. The summed E-state index contributed by atoms with van der Waals surface area (Å²) in [6.07, 6.45) is 0.744. The Labute approximate surface area is 171 Å². The molecule has 30 heavy (non-hydrogen) atoms.